The Morgan fingerprint density at radius 1 is 1.15 bits per heavy atom. The average molecular weight is 369 g/mol. The molecule has 0 bridgehead atoms. The third-order valence-electron chi connectivity index (χ3n) is 3.58. The Morgan fingerprint density at radius 3 is 2.48 bits per heavy atom. The summed E-state index contributed by atoms with van der Waals surface area (Å²) in [6.45, 7) is -0.632. The molecule has 0 unspecified atom stereocenters. The van der Waals surface area contributed by atoms with E-state index in [-0.39, 0.29) is 24.1 Å². The number of amides is 2. The first-order valence-corrected chi connectivity index (χ1v) is 7.92. The molecular formula is C19H16FN3O4. The number of ether oxygens (including phenoxy) is 1. The molecule has 0 saturated heterocycles. The Balaban J connectivity index is 2.08. The summed E-state index contributed by atoms with van der Waals surface area (Å²) in [6, 6.07) is 12.8. The third kappa shape index (κ3) is 5.64. The molecule has 0 radical (unpaired) electrons. The van der Waals surface area contributed by atoms with Crippen molar-refractivity contribution in [1.29, 1.82) is 5.26 Å². The molecule has 138 valence electrons. The van der Waals surface area contributed by atoms with Crippen molar-refractivity contribution in [2.75, 3.05) is 18.1 Å². The number of halogens is 1. The smallest absolute Gasteiger partial charge is 0.338 e. The summed E-state index contributed by atoms with van der Waals surface area (Å²) in [7, 11) is 0. The van der Waals surface area contributed by atoms with E-state index in [0.717, 1.165) is 0 Å². The van der Waals surface area contributed by atoms with Crippen molar-refractivity contribution in [3.63, 3.8) is 0 Å². The predicted octanol–water partition coefficient (Wildman–Crippen LogP) is 1.76. The molecular weight excluding hydrogens is 353 g/mol. The minimum Gasteiger partial charge on any atom is -0.452 e. The minimum atomic E-state index is -0.769. The SMILES string of the molecule is N#Cc1cccc(C(=O)OCC(=O)N(CCC(N)=O)c2ccc(F)cc2)c1. The summed E-state index contributed by atoms with van der Waals surface area (Å²) in [5, 5.41) is 8.86. The van der Waals surface area contributed by atoms with Crippen LogP contribution < -0.4 is 10.6 Å². The molecule has 2 aromatic rings. The van der Waals surface area contributed by atoms with Crippen LogP contribution in [0.2, 0.25) is 0 Å². The summed E-state index contributed by atoms with van der Waals surface area (Å²) < 4.78 is 18.1. The van der Waals surface area contributed by atoms with Crippen LogP contribution in [0.15, 0.2) is 48.5 Å². The number of nitriles is 1. The minimum absolute atomic E-state index is 0.0404. The molecule has 0 aliphatic carbocycles. The molecule has 2 aromatic carbocycles. The molecule has 0 atom stereocenters. The Labute approximate surface area is 154 Å². The van der Waals surface area contributed by atoms with Gasteiger partial charge in [-0.3, -0.25) is 9.59 Å². The summed E-state index contributed by atoms with van der Waals surface area (Å²) in [4.78, 5) is 36.7. The molecule has 0 aliphatic heterocycles. The zero-order valence-corrected chi connectivity index (χ0v) is 14.2. The van der Waals surface area contributed by atoms with Gasteiger partial charge in [0.2, 0.25) is 5.91 Å². The second kappa shape index (κ2) is 9.10. The van der Waals surface area contributed by atoms with Crippen LogP contribution >= 0.6 is 0 Å². The van der Waals surface area contributed by atoms with Gasteiger partial charge in [0.05, 0.1) is 17.2 Å². The van der Waals surface area contributed by atoms with E-state index >= 15 is 0 Å². The first kappa shape index (κ1) is 19.6. The van der Waals surface area contributed by atoms with Gasteiger partial charge in [-0.2, -0.15) is 5.26 Å². The number of anilines is 1. The topological polar surface area (TPSA) is 113 Å². The normalized spacial score (nSPS) is 9.93. The molecule has 0 heterocycles. The first-order valence-electron chi connectivity index (χ1n) is 7.92. The highest BCUT2D eigenvalue weighted by molar-refractivity contribution is 5.97. The van der Waals surface area contributed by atoms with Gasteiger partial charge in [0.15, 0.2) is 6.61 Å². The van der Waals surface area contributed by atoms with Gasteiger partial charge in [0.1, 0.15) is 5.82 Å². The lowest BCUT2D eigenvalue weighted by Gasteiger charge is -2.22. The highest BCUT2D eigenvalue weighted by Crippen LogP contribution is 2.16. The number of nitrogens with two attached hydrogens (primary N) is 1. The number of hydrogen-bond acceptors (Lipinski definition) is 5. The largest absolute Gasteiger partial charge is 0.452 e. The van der Waals surface area contributed by atoms with Crippen LogP contribution in [0.3, 0.4) is 0 Å². The van der Waals surface area contributed by atoms with E-state index in [4.69, 9.17) is 15.7 Å². The van der Waals surface area contributed by atoms with Gasteiger partial charge in [-0.15, -0.1) is 0 Å². The second-order valence-electron chi connectivity index (χ2n) is 5.51. The van der Waals surface area contributed by atoms with Crippen molar-refractivity contribution in [3.8, 4) is 6.07 Å². The fourth-order valence-corrected chi connectivity index (χ4v) is 2.25. The number of carbonyl (C=O) groups is 3. The Hall–Kier alpha value is -3.73. The van der Waals surface area contributed by atoms with Gasteiger partial charge < -0.3 is 15.4 Å². The van der Waals surface area contributed by atoms with E-state index in [9.17, 15) is 18.8 Å². The quantitative estimate of drug-likeness (QED) is 0.747. The molecule has 0 saturated carbocycles. The third-order valence-corrected chi connectivity index (χ3v) is 3.58. The summed E-state index contributed by atoms with van der Waals surface area (Å²) >= 11 is 0. The fourth-order valence-electron chi connectivity index (χ4n) is 2.25. The monoisotopic (exact) mass is 369 g/mol. The van der Waals surface area contributed by atoms with Gasteiger partial charge in [-0.1, -0.05) is 6.07 Å². The summed E-state index contributed by atoms with van der Waals surface area (Å²) in [5.74, 6) is -2.47. The Kier molecular flexibility index (Phi) is 6.61. The van der Waals surface area contributed by atoms with Crippen molar-refractivity contribution in [1.82, 2.24) is 0 Å². The van der Waals surface area contributed by atoms with Gasteiger partial charge in [0.25, 0.3) is 5.91 Å². The van der Waals surface area contributed by atoms with Crippen molar-refractivity contribution >= 4 is 23.5 Å². The number of nitrogens with zero attached hydrogens (tertiary/aromatic N) is 2. The maximum atomic E-state index is 13.1. The van der Waals surface area contributed by atoms with Crippen molar-refractivity contribution < 1.29 is 23.5 Å². The van der Waals surface area contributed by atoms with Crippen LogP contribution in [-0.2, 0) is 14.3 Å². The Bertz CT molecular complexity index is 891. The molecule has 2 rings (SSSR count). The van der Waals surface area contributed by atoms with Crippen LogP contribution in [-0.4, -0.2) is 30.9 Å². The maximum Gasteiger partial charge on any atom is 0.338 e. The average Bonchev–Trinajstić information content (AvgIpc) is 2.67. The molecule has 8 heteroatoms. The summed E-state index contributed by atoms with van der Waals surface area (Å²) in [5.41, 5.74) is 5.87. The van der Waals surface area contributed by atoms with Crippen molar-refractivity contribution in [2.45, 2.75) is 6.42 Å². The standard InChI is InChI=1S/C19H16FN3O4/c20-15-4-6-16(7-5-15)23(9-8-17(22)24)18(25)12-27-19(26)14-3-1-2-13(10-14)11-21/h1-7,10H,8-9,12H2,(H2,22,24). The van der Waals surface area contributed by atoms with Crippen molar-refractivity contribution in [3.05, 3.63) is 65.5 Å². The van der Waals surface area contributed by atoms with E-state index in [2.05, 4.69) is 0 Å². The highest BCUT2D eigenvalue weighted by Gasteiger charge is 2.19. The lowest BCUT2D eigenvalue weighted by molar-refractivity contribution is -0.121. The fraction of sp³-hybridized carbons (Fsp3) is 0.158. The Morgan fingerprint density at radius 2 is 1.85 bits per heavy atom. The lowest BCUT2D eigenvalue weighted by Crippen LogP contribution is -2.37. The lowest BCUT2D eigenvalue weighted by atomic mass is 10.1. The van der Waals surface area contributed by atoms with Crippen LogP contribution in [0.1, 0.15) is 22.3 Å². The number of primary amides is 1. The van der Waals surface area contributed by atoms with E-state index in [1.807, 2.05) is 6.07 Å². The predicted molar refractivity (Wildman–Crippen MR) is 94.0 cm³/mol. The van der Waals surface area contributed by atoms with Crippen LogP contribution in [0, 0.1) is 17.1 Å². The van der Waals surface area contributed by atoms with E-state index < -0.39 is 30.2 Å². The molecule has 27 heavy (non-hydrogen) atoms. The molecule has 0 aliphatic rings. The van der Waals surface area contributed by atoms with Gasteiger partial charge in [0, 0.05) is 18.7 Å². The van der Waals surface area contributed by atoms with E-state index in [1.54, 1.807) is 0 Å². The molecule has 2 N–H and O–H groups in total. The molecule has 7 nitrogen and oxygen atoms in total. The van der Waals surface area contributed by atoms with Crippen LogP contribution in [0.5, 0.6) is 0 Å². The molecule has 0 spiro atoms. The summed E-state index contributed by atoms with van der Waals surface area (Å²) in [6.07, 6.45) is -0.110. The number of esters is 1. The van der Waals surface area contributed by atoms with Gasteiger partial charge >= 0.3 is 5.97 Å². The van der Waals surface area contributed by atoms with E-state index in [0.29, 0.717) is 5.69 Å². The first-order chi connectivity index (χ1) is 12.9. The second-order valence-corrected chi connectivity index (χ2v) is 5.51. The van der Waals surface area contributed by atoms with Crippen molar-refractivity contribution in [2.24, 2.45) is 5.73 Å². The highest BCUT2D eigenvalue weighted by atomic mass is 19.1. The molecule has 0 aromatic heterocycles. The zero-order chi connectivity index (χ0) is 19.8. The van der Waals surface area contributed by atoms with Gasteiger partial charge in [-0.05, 0) is 42.5 Å². The molecule has 2 amide bonds. The number of rotatable bonds is 7. The van der Waals surface area contributed by atoms with Gasteiger partial charge in [-0.25, -0.2) is 9.18 Å². The van der Waals surface area contributed by atoms with Crippen LogP contribution in [0.25, 0.3) is 0 Å². The number of carbonyl (C=O) groups excluding carboxylic acids is 3. The van der Waals surface area contributed by atoms with E-state index in [1.165, 1.54) is 53.4 Å². The number of hydrogen-bond donors (Lipinski definition) is 1. The number of benzene rings is 2. The molecule has 0 fully saturated rings. The zero-order valence-electron chi connectivity index (χ0n) is 14.2. The maximum absolute atomic E-state index is 13.1. The van der Waals surface area contributed by atoms with Crippen LogP contribution in [0.4, 0.5) is 10.1 Å².